The van der Waals surface area contributed by atoms with E-state index in [1.54, 1.807) is 21.6 Å². The van der Waals surface area contributed by atoms with Gasteiger partial charge in [0.2, 0.25) is 21.9 Å². The molecule has 3 aromatic heterocycles. The molecule has 208 valence electrons. The first-order valence-corrected chi connectivity index (χ1v) is 15.2. The lowest BCUT2D eigenvalue weighted by molar-refractivity contribution is -0.133. The van der Waals surface area contributed by atoms with Crippen LogP contribution >= 0.6 is 0 Å². The van der Waals surface area contributed by atoms with Crippen molar-refractivity contribution in [3.05, 3.63) is 30.7 Å². The summed E-state index contributed by atoms with van der Waals surface area (Å²) in [5.74, 6) is 0.498. The average molecular weight is 555 g/mol. The Balaban J connectivity index is 1.04. The molecule has 1 N–H and O–H groups in total. The quantitative estimate of drug-likeness (QED) is 0.447. The van der Waals surface area contributed by atoms with Crippen LogP contribution in [0.3, 0.4) is 0 Å². The number of aromatic nitrogens is 5. The fourth-order valence-corrected chi connectivity index (χ4v) is 8.40. The minimum absolute atomic E-state index is 0.00881. The Labute approximate surface area is 227 Å². The van der Waals surface area contributed by atoms with E-state index >= 15 is 0 Å². The monoisotopic (exact) mass is 554 g/mol. The molecule has 2 atom stereocenters. The van der Waals surface area contributed by atoms with E-state index in [9.17, 15) is 13.2 Å². The molecule has 7 rings (SSSR count). The van der Waals surface area contributed by atoms with Crippen LogP contribution in [-0.2, 0) is 21.4 Å². The predicted molar refractivity (Wildman–Crippen MR) is 145 cm³/mol. The fourth-order valence-electron chi connectivity index (χ4n) is 6.14. The summed E-state index contributed by atoms with van der Waals surface area (Å²) in [6.07, 6.45) is 8.70. The van der Waals surface area contributed by atoms with Gasteiger partial charge in [-0.2, -0.15) is 14.4 Å². The lowest BCUT2D eigenvalue weighted by Gasteiger charge is -2.41. The summed E-state index contributed by atoms with van der Waals surface area (Å²) in [5, 5.41) is 12.0. The van der Waals surface area contributed by atoms with Gasteiger partial charge in [0.15, 0.2) is 5.65 Å². The molecule has 6 heterocycles. The lowest BCUT2D eigenvalue weighted by Crippen LogP contribution is -2.56. The molecular weight excluding hydrogens is 520 g/mol. The van der Waals surface area contributed by atoms with Crippen molar-refractivity contribution < 1.29 is 13.2 Å². The minimum atomic E-state index is -3.19. The highest BCUT2D eigenvalue weighted by molar-refractivity contribution is 7.90. The first-order chi connectivity index (χ1) is 18.8. The average Bonchev–Trinajstić information content (AvgIpc) is 3.49. The molecule has 1 amide bonds. The molecule has 39 heavy (non-hydrogen) atoms. The molecule has 0 spiro atoms. The Morgan fingerprint density at radius 2 is 1.82 bits per heavy atom. The van der Waals surface area contributed by atoms with Crippen molar-refractivity contribution in [1.29, 1.82) is 0 Å². The van der Waals surface area contributed by atoms with Crippen LogP contribution in [0.1, 0.15) is 25.7 Å². The van der Waals surface area contributed by atoms with Gasteiger partial charge in [0.25, 0.3) is 0 Å². The van der Waals surface area contributed by atoms with Gasteiger partial charge in [0.1, 0.15) is 6.54 Å². The van der Waals surface area contributed by atoms with Crippen LogP contribution in [0.5, 0.6) is 0 Å². The lowest BCUT2D eigenvalue weighted by atomic mass is 10.2. The molecule has 2 unspecified atom stereocenters. The Kier molecular flexibility index (Phi) is 6.01. The van der Waals surface area contributed by atoms with Crippen molar-refractivity contribution in [2.45, 2.75) is 49.6 Å². The molecule has 0 aromatic carbocycles. The molecule has 14 heteroatoms. The fraction of sp³-hybridized carbons (Fsp3) is 0.600. The maximum atomic E-state index is 13.0. The van der Waals surface area contributed by atoms with E-state index in [1.165, 1.54) is 0 Å². The van der Waals surface area contributed by atoms with Gasteiger partial charge in [-0.25, -0.2) is 12.9 Å². The van der Waals surface area contributed by atoms with Crippen LogP contribution in [0.4, 0.5) is 17.3 Å². The van der Waals surface area contributed by atoms with E-state index in [0.717, 1.165) is 63.2 Å². The third kappa shape index (κ3) is 4.63. The molecule has 4 aliphatic rings. The number of piperazine rings is 2. The highest BCUT2D eigenvalue weighted by atomic mass is 32.2. The van der Waals surface area contributed by atoms with Crippen LogP contribution in [0.15, 0.2) is 30.7 Å². The summed E-state index contributed by atoms with van der Waals surface area (Å²) in [4.78, 5) is 23.8. The van der Waals surface area contributed by atoms with Crippen molar-refractivity contribution in [2.75, 3.05) is 56.5 Å². The molecule has 4 fully saturated rings. The molecular formula is C25H34N10O3S. The number of rotatable bonds is 7. The number of nitrogens with zero attached hydrogens (tertiary/aromatic N) is 9. The van der Waals surface area contributed by atoms with Gasteiger partial charge in [-0.05, 0) is 44.9 Å². The number of amides is 1. The number of pyridine rings is 1. The summed E-state index contributed by atoms with van der Waals surface area (Å²) in [5.41, 5.74) is 2.37. The summed E-state index contributed by atoms with van der Waals surface area (Å²) in [6, 6.07) is 3.99. The first kappa shape index (κ1) is 24.8. The SMILES string of the molecule is CN1CCN(C(=O)Cn2cc(Nc3nc4c(N5CC6CCC(C5)N6S(=O)(=O)C5CC5)cccn4n3)cn2)CC1. The van der Waals surface area contributed by atoms with Gasteiger partial charge in [0.05, 0.1) is 22.8 Å². The molecule has 13 nitrogen and oxygen atoms in total. The Morgan fingerprint density at radius 3 is 2.54 bits per heavy atom. The highest BCUT2D eigenvalue weighted by Crippen LogP contribution is 2.41. The zero-order valence-corrected chi connectivity index (χ0v) is 22.9. The third-order valence-corrected chi connectivity index (χ3v) is 10.9. The largest absolute Gasteiger partial charge is 0.365 e. The zero-order chi connectivity index (χ0) is 26.7. The number of fused-ring (bicyclic) bond motifs is 3. The zero-order valence-electron chi connectivity index (χ0n) is 22.1. The summed E-state index contributed by atoms with van der Waals surface area (Å²) in [6.45, 7) is 4.76. The number of carbonyl (C=O) groups excluding carboxylic acids is 1. The van der Waals surface area contributed by atoms with Gasteiger partial charge in [-0.15, -0.1) is 5.10 Å². The number of anilines is 3. The summed E-state index contributed by atoms with van der Waals surface area (Å²) < 4.78 is 31.3. The van der Waals surface area contributed by atoms with Crippen molar-refractivity contribution in [3.63, 3.8) is 0 Å². The maximum Gasteiger partial charge on any atom is 0.247 e. The van der Waals surface area contributed by atoms with Gasteiger partial charge in [0, 0.05) is 63.7 Å². The Morgan fingerprint density at radius 1 is 1.08 bits per heavy atom. The standard InChI is InChI=1S/C25H34N10O3S/c1-30-9-11-31(12-10-30)23(36)17-33-14-18(13-26-33)27-25-28-24-22(3-2-8-34(24)29-25)32-15-19-4-5-20(16-32)35(19)39(37,38)21-6-7-21/h2-3,8,13-14,19-21H,4-7,9-12,15-17H2,1H3,(H,27,29). The Hall–Kier alpha value is -3.23. The molecule has 2 bridgehead atoms. The van der Waals surface area contributed by atoms with E-state index in [4.69, 9.17) is 4.98 Å². The predicted octanol–water partition coefficient (Wildman–Crippen LogP) is 0.589. The van der Waals surface area contributed by atoms with Crippen molar-refractivity contribution in [3.8, 4) is 0 Å². The number of hydrogen-bond donors (Lipinski definition) is 1. The van der Waals surface area contributed by atoms with Gasteiger partial charge < -0.3 is 20.0 Å². The second-order valence-corrected chi connectivity index (χ2v) is 13.3. The molecule has 1 aliphatic carbocycles. The van der Waals surface area contributed by atoms with Crippen molar-refractivity contribution in [1.82, 2.24) is 38.5 Å². The normalized spacial score (nSPS) is 24.5. The smallest absolute Gasteiger partial charge is 0.247 e. The minimum Gasteiger partial charge on any atom is -0.365 e. The van der Waals surface area contributed by atoms with Crippen molar-refractivity contribution in [2.24, 2.45) is 0 Å². The van der Waals surface area contributed by atoms with Crippen LogP contribution in [-0.4, -0.2) is 116 Å². The number of hydrogen-bond acceptors (Lipinski definition) is 9. The highest BCUT2D eigenvalue weighted by Gasteiger charge is 2.51. The number of carbonyl (C=O) groups is 1. The van der Waals surface area contributed by atoms with Crippen LogP contribution in [0.2, 0.25) is 0 Å². The van der Waals surface area contributed by atoms with E-state index in [-0.39, 0.29) is 29.8 Å². The second-order valence-electron chi connectivity index (χ2n) is 11.2. The summed E-state index contributed by atoms with van der Waals surface area (Å²) >= 11 is 0. The van der Waals surface area contributed by atoms with Gasteiger partial charge in [-0.1, -0.05) is 0 Å². The van der Waals surface area contributed by atoms with E-state index in [1.807, 2.05) is 27.5 Å². The Bertz CT molecular complexity index is 1480. The van der Waals surface area contributed by atoms with E-state index in [0.29, 0.717) is 24.7 Å². The number of nitrogens with one attached hydrogen (secondary N) is 1. The van der Waals surface area contributed by atoms with E-state index < -0.39 is 10.0 Å². The number of likely N-dealkylation sites (N-methyl/N-ethyl adjacent to an activating group) is 1. The van der Waals surface area contributed by atoms with Crippen LogP contribution < -0.4 is 10.2 Å². The van der Waals surface area contributed by atoms with E-state index in [2.05, 4.69) is 32.4 Å². The number of sulfonamides is 1. The molecule has 3 aromatic rings. The summed E-state index contributed by atoms with van der Waals surface area (Å²) in [7, 11) is -1.12. The van der Waals surface area contributed by atoms with Crippen molar-refractivity contribution >= 4 is 38.9 Å². The maximum absolute atomic E-state index is 13.0. The second kappa shape index (κ2) is 9.45. The molecule has 0 radical (unpaired) electrons. The third-order valence-electron chi connectivity index (χ3n) is 8.38. The van der Waals surface area contributed by atoms with Gasteiger partial charge in [-0.3, -0.25) is 9.48 Å². The first-order valence-electron chi connectivity index (χ1n) is 13.7. The van der Waals surface area contributed by atoms with Crippen LogP contribution in [0.25, 0.3) is 5.65 Å². The van der Waals surface area contributed by atoms with Crippen LogP contribution in [0, 0.1) is 0 Å². The molecule has 3 aliphatic heterocycles. The molecule has 3 saturated heterocycles. The van der Waals surface area contributed by atoms with Gasteiger partial charge >= 0.3 is 0 Å². The topological polar surface area (TPSA) is 124 Å². The molecule has 1 saturated carbocycles.